The minimum absolute atomic E-state index is 0.114. The number of hydrogen-bond acceptors (Lipinski definition) is 5. The molecule has 0 saturated heterocycles. The van der Waals surface area contributed by atoms with Gasteiger partial charge in [-0.15, -0.1) is 10.2 Å². The molecule has 27 heavy (non-hydrogen) atoms. The topological polar surface area (TPSA) is 69.0 Å². The molecule has 6 nitrogen and oxygen atoms in total. The molecule has 0 aliphatic rings. The zero-order valence-corrected chi connectivity index (χ0v) is 16.4. The standard InChI is InChI=1S/C20H22N4O2S/c1-4-26-17-13-9-8-12-16(17)21-19(25)14(2)27-20-23-22-18(24(20)3)15-10-6-5-7-11-15/h5-14H,4H2,1-3H3,(H,21,25). The summed E-state index contributed by atoms with van der Waals surface area (Å²) in [4.78, 5) is 12.6. The van der Waals surface area contributed by atoms with Crippen molar-refractivity contribution in [3.05, 3.63) is 54.6 Å². The molecule has 1 heterocycles. The molecule has 1 amide bonds. The van der Waals surface area contributed by atoms with E-state index in [0.29, 0.717) is 23.2 Å². The summed E-state index contributed by atoms with van der Waals surface area (Å²) in [5, 5.41) is 11.8. The van der Waals surface area contributed by atoms with Crippen molar-refractivity contribution in [2.45, 2.75) is 24.3 Å². The van der Waals surface area contributed by atoms with Crippen molar-refractivity contribution >= 4 is 23.4 Å². The smallest absolute Gasteiger partial charge is 0.237 e. The molecule has 0 radical (unpaired) electrons. The number of aromatic nitrogens is 3. The average molecular weight is 382 g/mol. The van der Waals surface area contributed by atoms with Crippen molar-refractivity contribution in [2.24, 2.45) is 7.05 Å². The molecule has 3 aromatic rings. The molecule has 1 unspecified atom stereocenters. The SMILES string of the molecule is CCOc1ccccc1NC(=O)C(C)Sc1nnc(-c2ccccc2)n1C. The molecule has 1 N–H and O–H groups in total. The second-order valence-electron chi connectivity index (χ2n) is 5.91. The van der Waals surface area contributed by atoms with Crippen LogP contribution < -0.4 is 10.1 Å². The Balaban J connectivity index is 1.70. The summed E-state index contributed by atoms with van der Waals surface area (Å²) in [6, 6.07) is 17.3. The molecule has 2 aromatic carbocycles. The Bertz CT molecular complexity index is 911. The van der Waals surface area contributed by atoms with Crippen LogP contribution in [0.4, 0.5) is 5.69 Å². The van der Waals surface area contributed by atoms with E-state index in [9.17, 15) is 4.79 Å². The van der Waals surface area contributed by atoms with Crippen molar-refractivity contribution in [3.63, 3.8) is 0 Å². The Kier molecular flexibility index (Phi) is 6.13. The van der Waals surface area contributed by atoms with Crippen molar-refractivity contribution in [1.29, 1.82) is 0 Å². The first-order chi connectivity index (χ1) is 13.1. The molecule has 0 spiro atoms. The molecule has 0 bridgehead atoms. The van der Waals surface area contributed by atoms with Gasteiger partial charge in [-0.25, -0.2) is 0 Å². The highest BCUT2D eigenvalue weighted by molar-refractivity contribution is 8.00. The van der Waals surface area contributed by atoms with Gasteiger partial charge in [0.15, 0.2) is 11.0 Å². The van der Waals surface area contributed by atoms with E-state index in [1.807, 2.05) is 80.1 Å². The summed E-state index contributed by atoms with van der Waals surface area (Å²) in [5.74, 6) is 1.32. The highest BCUT2D eigenvalue weighted by atomic mass is 32.2. The number of ether oxygens (including phenoxy) is 1. The normalized spacial score (nSPS) is 11.8. The Morgan fingerprint density at radius 3 is 2.59 bits per heavy atom. The van der Waals surface area contributed by atoms with Gasteiger partial charge >= 0.3 is 0 Å². The van der Waals surface area contributed by atoms with E-state index >= 15 is 0 Å². The fourth-order valence-electron chi connectivity index (χ4n) is 2.55. The number of para-hydroxylation sites is 2. The van der Waals surface area contributed by atoms with Crippen LogP contribution in [0.5, 0.6) is 5.75 Å². The van der Waals surface area contributed by atoms with Crippen LogP contribution in [0.2, 0.25) is 0 Å². The number of nitrogens with zero attached hydrogens (tertiary/aromatic N) is 3. The maximum absolute atomic E-state index is 12.6. The molecule has 0 aliphatic heterocycles. The summed E-state index contributed by atoms with van der Waals surface area (Å²) in [5.41, 5.74) is 1.65. The van der Waals surface area contributed by atoms with Gasteiger partial charge in [-0.2, -0.15) is 0 Å². The summed E-state index contributed by atoms with van der Waals surface area (Å²) < 4.78 is 7.46. The average Bonchev–Trinajstić information content (AvgIpc) is 3.04. The van der Waals surface area contributed by atoms with Crippen LogP contribution in [0.25, 0.3) is 11.4 Å². The Labute approximate surface area is 163 Å². The van der Waals surface area contributed by atoms with E-state index in [1.165, 1.54) is 11.8 Å². The van der Waals surface area contributed by atoms with Gasteiger partial charge in [-0.3, -0.25) is 4.79 Å². The van der Waals surface area contributed by atoms with Gasteiger partial charge in [0.05, 0.1) is 17.5 Å². The number of benzene rings is 2. The molecule has 1 aromatic heterocycles. The van der Waals surface area contributed by atoms with E-state index < -0.39 is 0 Å². The van der Waals surface area contributed by atoms with Crippen LogP contribution in [-0.2, 0) is 11.8 Å². The molecule has 1 atom stereocenters. The van der Waals surface area contributed by atoms with Crippen molar-refractivity contribution in [1.82, 2.24) is 14.8 Å². The number of carbonyl (C=O) groups excluding carboxylic acids is 1. The van der Waals surface area contributed by atoms with Crippen LogP contribution in [0.3, 0.4) is 0 Å². The predicted octanol–water partition coefficient (Wildman–Crippen LogP) is 4.00. The quantitative estimate of drug-likeness (QED) is 0.626. The van der Waals surface area contributed by atoms with E-state index in [0.717, 1.165) is 11.4 Å². The molecular weight excluding hydrogens is 360 g/mol. The Hall–Kier alpha value is -2.80. The van der Waals surface area contributed by atoms with Gasteiger partial charge in [0.2, 0.25) is 5.91 Å². The fourth-order valence-corrected chi connectivity index (χ4v) is 3.37. The van der Waals surface area contributed by atoms with Gasteiger partial charge in [-0.1, -0.05) is 54.2 Å². The number of carbonyl (C=O) groups is 1. The zero-order valence-electron chi connectivity index (χ0n) is 15.5. The number of rotatable bonds is 7. The monoisotopic (exact) mass is 382 g/mol. The molecular formula is C20H22N4O2S. The highest BCUT2D eigenvalue weighted by Gasteiger charge is 2.20. The number of anilines is 1. The highest BCUT2D eigenvalue weighted by Crippen LogP contribution is 2.28. The molecule has 0 fully saturated rings. The third-order valence-corrected chi connectivity index (χ3v) is 5.10. The zero-order chi connectivity index (χ0) is 19.2. The minimum atomic E-state index is -0.341. The van der Waals surface area contributed by atoms with Gasteiger partial charge in [-0.05, 0) is 26.0 Å². The van der Waals surface area contributed by atoms with Gasteiger partial charge in [0.1, 0.15) is 5.75 Å². The number of thioether (sulfide) groups is 1. The van der Waals surface area contributed by atoms with E-state index in [4.69, 9.17) is 4.74 Å². The third kappa shape index (κ3) is 4.49. The third-order valence-electron chi connectivity index (χ3n) is 3.96. The number of hydrogen-bond donors (Lipinski definition) is 1. The summed E-state index contributed by atoms with van der Waals surface area (Å²) in [6.07, 6.45) is 0. The maximum atomic E-state index is 12.6. The predicted molar refractivity (Wildman–Crippen MR) is 108 cm³/mol. The first-order valence-corrected chi connectivity index (χ1v) is 9.62. The molecule has 0 aliphatic carbocycles. The number of amides is 1. The summed E-state index contributed by atoms with van der Waals surface area (Å²) in [7, 11) is 1.90. The van der Waals surface area contributed by atoms with Gasteiger partial charge in [0.25, 0.3) is 0 Å². The Morgan fingerprint density at radius 1 is 1.15 bits per heavy atom. The fraction of sp³-hybridized carbons (Fsp3) is 0.250. The van der Waals surface area contributed by atoms with Crippen LogP contribution in [0, 0.1) is 0 Å². The maximum Gasteiger partial charge on any atom is 0.237 e. The summed E-state index contributed by atoms with van der Waals surface area (Å²) >= 11 is 1.37. The second kappa shape index (κ2) is 8.73. The lowest BCUT2D eigenvalue weighted by molar-refractivity contribution is -0.115. The van der Waals surface area contributed by atoms with E-state index in [-0.39, 0.29) is 11.2 Å². The lowest BCUT2D eigenvalue weighted by atomic mass is 10.2. The van der Waals surface area contributed by atoms with Gasteiger partial charge in [0, 0.05) is 12.6 Å². The number of nitrogens with one attached hydrogen (secondary N) is 1. The van der Waals surface area contributed by atoms with Crippen LogP contribution in [-0.4, -0.2) is 32.5 Å². The van der Waals surface area contributed by atoms with Crippen molar-refractivity contribution in [2.75, 3.05) is 11.9 Å². The summed E-state index contributed by atoms with van der Waals surface area (Å²) in [6.45, 7) is 4.30. The van der Waals surface area contributed by atoms with E-state index in [1.54, 1.807) is 0 Å². The second-order valence-corrected chi connectivity index (χ2v) is 7.22. The molecule has 0 saturated carbocycles. The molecule has 140 valence electrons. The van der Waals surface area contributed by atoms with E-state index in [2.05, 4.69) is 15.5 Å². The lowest BCUT2D eigenvalue weighted by Gasteiger charge is -2.14. The molecule has 3 rings (SSSR count). The van der Waals surface area contributed by atoms with Crippen LogP contribution in [0.15, 0.2) is 59.8 Å². The first-order valence-electron chi connectivity index (χ1n) is 8.74. The largest absolute Gasteiger partial charge is 0.492 e. The van der Waals surface area contributed by atoms with Crippen molar-refractivity contribution in [3.8, 4) is 17.1 Å². The first kappa shape index (κ1) is 19.0. The van der Waals surface area contributed by atoms with Crippen molar-refractivity contribution < 1.29 is 9.53 Å². The molecule has 7 heteroatoms. The van der Waals surface area contributed by atoms with Gasteiger partial charge < -0.3 is 14.6 Å². The van der Waals surface area contributed by atoms with Crippen LogP contribution >= 0.6 is 11.8 Å². The lowest BCUT2D eigenvalue weighted by Crippen LogP contribution is -2.23. The van der Waals surface area contributed by atoms with Crippen LogP contribution in [0.1, 0.15) is 13.8 Å². The minimum Gasteiger partial charge on any atom is -0.492 e. The Morgan fingerprint density at radius 2 is 1.85 bits per heavy atom.